The molecule has 1 aromatic heterocycles. The van der Waals surface area contributed by atoms with Crippen molar-refractivity contribution in [3.05, 3.63) is 45.9 Å². The lowest BCUT2D eigenvalue weighted by atomic mass is 10.1. The number of guanidine groups is 1. The van der Waals surface area contributed by atoms with Crippen molar-refractivity contribution < 1.29 is 9.53 Å². The first-order chi connectivity index (χ1) is 14.4. The Labute approximate surface area is 183 Å². The fourth-order valence-electron chi connectivity index (χ4n) is 2.66. The van der Waals surface area contributed by atoms with Gasteiger partial charge in [0, 0.05) is 13.1 Å². The minimum Gasteiger partial charge on any atom is -0.493 e. The van der Waals surface area contributed by atoms with Crippen LogP contribution in [0.1, 0.15) is 54.7 Å². The Morgan fingerprint density at radius 3 is 2.53 bits per heavy atom. The zero-order valence-corrected chi connectivity index (χ0v) is 19.3. The van der Waals surface area contributed by atoms with Gasteiger partial charge in [0.25, 0.3) is 5.91 Å². The summed E-state index contributed by atoms with van der Waals surface area (Å²) in [4.78, 5) is 21.5. The maximum absolute atomic E-state index is 12.1. The number of amides is 1. The summed E-state index contributed by atoms with van der Waals surface area (Å²) in [6.07, 6.45) is 0. The molecule has 1 amide bonds. The number of benzene rings is 1. The molecule has 0 radical (unpaired) electrons. The Morgan fingerprint density at radius 1 is 1.20 bits per heavy atom. The maximum atomic E-state index is 12.1. The van der Waals surface area contributed by atoms with E-state index in [1.807, 2.05) is 26.0 Å². The van der Waals surface area contributed by atoms with Crippen LogP contribution >= 0.6 is 11.3 Å². The molecule has 0 saturated carbocycles. The van der Waals surface area contributed by atoms with Crippen molar-refractivity contribution >= 4 is 23.2 Å². The van der Waals surface area contributed by atoms with Gasteiger partial charge in [-0.1, -0.05) is 26.0 Å². The van der Waals surface area contributed by atoms with E-state index in [9.17, 15) is 4.79 Å². The number of rotatable bonds is 10. The normalized spacial score (nSPS) is 12.5. The zero-order valence-electron chi connectivity index (χ0n) is 18.5. The summed E-state index contributed by atoms with van der Waals surface area (Å²) in [5.74, 6) is 2.00. The van der Waals surface area contributed by atoms with Crippen LogP contribution in [0.4, 0.5) is 0 Å². The van der Waals surface area contributed by atoms with E-state index in [2.05, 4.69) is 58.8 Å². The molecule has 0 aliphatic rings. The molecule has 8 heteroatoms. The second kappa shape index (κ2) is 12.2. The summed E-state index contributed by atoms with van der Waals surface area (Å²) in [6, 6.07) is 8.20. The van der Waals surface area contributed by atoms with Gasteiger partial charge in [0.05, 0.1) is 30.4 Å². The first kappa shape index (κ1) is 23.7. The SMILES string of the molecule is CCNC(=NCCNC(=O)c1scnc1C)NC(C)c1ccc(OCC(C)C)cc1. The molecule has 0 aliphatic carbocycles. The van der Waals surface area contributed by atoms with Crippen LogP contribution in [-0.2, 0) is 0 Å². The Hall–Kier alpha value is -2.61. The largest absolute Gasteiger partial charge is 0.493 e. The van der Waals surface area contributed by atoms with Crippen LogP contribution in [0.5, 0.6) is 5.75 Å². The minimum absolute atomic E-state index is 0.0800. The molecule has 1 unspecified atom stereocenters. The van der Waals surface area contributed by atoms with Gasteiger partial charge in [0.2, 0.25) is 0 Å². The first-order valence-electron chi connectivity index (χ1n) is 10.4. The summed E-state index contributed by atoms with van der Waals surface area (Å²) in [7, 11) is 0. The van der Waals surface area contributed by atoms with Crippen molar-refractivity contribution in [2.45, 2.75) is 40.7 Å². The predicted molar refractivity (Wildman–Crippen MR) is 123 cm³/mol. The second-order valence-electron chi connectivity index (χ2n) is 7.42. The van der Waals surface area contributed by atoms with Crippen LogP contribution in [0.25, 0.3) is 0 Å². The minimum atomic E-state index is -0.101. The molecule has 0 saturated heterocycles. The molecule has 0 bridgehead atoms. The number of aryl methyl sites for hydroxylation is 1. The number of ether oxygens (including phenoxy) is 1. The fourth-order valence-corrected chi connectivity index (χ4v) is 3.38. The second-order valence-corrected chi connectivity index (χ2v) is 8.28. The van der Waals surface area contributed by atoms with E-state index < -0.39 is 0 Å². The first-order valence-corrected chi connectivity index (χ1v) is 11.2. The lowest BCUT2D eigenvalue weighted by Crippen LogP contribution is -2.39. The highest BCUT2D eigenvalue weighted by Gasteiger charge is 2.11. The highest BCUT2D eigenvalue weighted by Crippen LogP contribution is 2.18. The zero-order chi connectivity index (χ0) is 21.9. The van der Waals surface area contributed by atoms with E-state index in [4.69, 9.17) is 4.74 Å². The molecule has 1 heterocycles. The third-order valence-corrected chi connectivity index (χ3v) is 5.21. The van der Waals surface area contributed by atoms with Crippen molar-refractivity contribution in [2.75, 3.05) is 26.2 Å². The van der Waals surface area contributed by atoms with Crippen LogP contribution in [-0.4, -0.2) is 43.1 Å². The van der Waals surface area contributed by atoms with Crippen molar-refractivity contribution in [3.8, 4) is 5.75 Å². The number of thiazole rings is 1. The number of carbonyl (C=O) groups is 1. The third-order valence-electron chi connectivity index (χ3n) is 4.28. The Balaban J connectivity index is 1.85. The predicted octanol–water partition coefficient (Wildman–Crippen LogP) is 3.53. The molecule has 0 aliphatic heterocycles. The van der Waals surface area contributed by atoms with Gasteiger partial charge < -0.3 is 20.7 Å². The molecule has 30 heavy (non-hydrogen) atoms. The molecule has 2 aromatic rings. The summed E-state index contributed by atoms with van der Waals surface area (Å²) >= 11 is 1.35. The quantitative estimate of drug-likeness (QED) is 0.304. The molecule has 1 atom stereocenters. The van der Waals surface area contributed by atoms with Gasteiger partial charge in [-0.2, -0.15) is 0 Å². The van der Waals surface area contributed by atoms with Crippen LogP contribution in [0.3, 0.4) is 0 Å². The van der Waals surface area contributed by atoms with Gasteiger partial charge in [0.1, 0.15) is 10.6 Å². The summed E-state index contributed by atoms with van der Waals surface area (Å²) in [6.45, 7) is 12.6. The van der Waals surface area contributed by atoms with Gasteiger partial charge in [0.15, 0.2) is 5.96 Å². The van der Waals surface area contributed by atoms with E-state index in [1.54, 1.807) is 5.51 Å². The van der Waals surface area contributed by atoms with Gasteiger partial charge in [-0.15, -0.1) is 11.3 Å². The van der Waals surface area contributed by atoms with E-state index in [1.165, 1.54) is 11.3 Å². The standard InChI is InChI=1S/C22H33N5O2S/c1-6-23-22(25-12-11-24-21(28)20-17(5)26-14-30-20)27-16(4)18-7-9-19(10-8-18)29-13-15(2)3/h7-10,14-16H,6,11-13H2,1-5H3,(H,24,28)(H2,23,25,27). The smallest absolute Gasteiger partial charge is 0.263 e. The molecular weight excluding hydrogens is 398 g/mol. The van der Waals surface area contributed by atoms with E-state index in [0.717, 1.165) is 23.6 Å². The number of carbonyl (C=O) groups excluding carboxylic acids is 1. The van der Waals surface area contributed by atoms with Crippen molar-refractivity contribution in [3.63, 3.8) is 0 Å². The van der Waals surface area contributed by atoms with E-state index >= 15 is 0 Å². The van der Waals surface area contributed by atoms with Gasteiger partial charge in [-0.25, -0.2) is 4.98 Å². The molecule has 7 nitrogen and oxygen atoms in total. The number of nitrogens with one attached hydrogen (secondary N) is 3. The van der Waals surface area contributed by atoms with Crippen LogP contribution < -0.4 is 20.7 Å². The van der Waals surface area contributed by atoms with Crippen LogP contribution in [0.2, 0.25) is 0 Å². The van der Waals surface area contributed by atoms with E-state index in [-0.39, 0.29) is 11.9 Å². The van der Waals surface area contributed by atoms with Gasteiger partial charge in [-0.3, -0.25) is 9.79 Å². The molecular formula is C22H33N5O2S. The highest BCUT2D eigenvalue weighted by molar-refractivity contribution is 7.11. The van der Waals surface area contributed by atoms with Crippen molar-refractivity contribution in [2.24, 2.45) is 10.9 Å². The van der Waals surface area contributed by atoms with E-state index in [0.29, 0.717) is 36.5 Å². The average Bonchev–Trinajstić information content (AvgIpc) is 3.15. The molecule has 164 valence electrons. The maximum Gasteiger partial charge on any atom is 0.263 e. The lowest BCUT2D eigenvalue weighted by molar-refractivity contribution is 0.0958. The summed E-state index contributed by atoms with van der Waals surface area (Å²) in [5, 5.41) is 9.54. The summed E-state index contributed by atoms with van der Waals surface area (Å²) < 4.78 is 5.75. The highest BCUT2D eigenvalue weighted by atomic mass is 32.1. The van der Waals surface area contributed by atoms with Gasteiger partial charge >= 0.3 is 0 Å². The Kier molecular flexibility index (Phi) is 9.60. The number of aliphatic imine (C=N–C) groups is 1. The number of nitrogens with zero attached hydrogens (tertiary/aromatic N) is 2. The Bertz CT molecular complexity index is 817. The molecule has 0 fully saturated rings. The number of hydrogen-bond donors (Lipinski definition) is 3. The average molecular weight is 432 g/mol. The topological polar surface area (TPSA) is 87.6 Å². The van der Waals surface area contributed by atoms with Crippen molar-refractivity contribution in [1.82, 2.24) is 20.9 Å². The van der Waals surface area contributed by atoms with Crippen LogP contribution in [0, 0.1) is 12.8 Å². The molecule has 0 spiro atoms. The molecule has 3 N–H and O–H groups in total. The molecule has 1 aromatic carbocycles. The van der Waals surface area contributed by atoms with Gasteiger partial charge in [-0.05, 0) is 44.4 Å². The third kappa shape index (κ3) is 7.67. The van der Waals surface area contributed by atoms with Crippen molar-refractivity contribution in [1.29, 1.82) is 0 Å². The monoisotopic (exact) mass is 431 g/mol. The summed E-state index contributed by atoms with van der Waals surface area (Å²) in [5.41, 5.74) is 3.58. The van der Waals surface area contributed by atoms with Crippen LogP contribution in [0.15, 0.2) is 34.8 Å². The Morgan fingerprint density at radius 2 is 1.93 bits per heavy atom. The number of hydrogen-bond acceptors (Lipinski definition) is 5. The fraction of sp³-hybridized carbons (Fsp3) is 0.500. The lowest BCUT2D eigenvalue weighted by Gasteiger charge is -2.19. The number of aromatic nitrogens is 1. The molecule has 2 rings (SSSR count).